The van der Waals surface area contributed by atoms with Crippen molar-refractivity contribution >= 4 is 91.9 Å². The van der Waals surface area contributed by atoms with Crippen molar-refractivity contribution in [3.8, 4) is 11.1 Å². The molecule has 0 unspecified atom stereocenters. The van der Waals surface area contributed by atoms with Gasteiger partial charge in [-0.25, -0.2) is 0 Å². The summed E-state index contributed by atoms with van der Waals surface area (Å²) in [7, 11) is -0.979. The van der Waals surface area contributed by atoms with E-state index in [-0.39, 0.29) is 39.2 Å². The number of benzene rings is 6. The van der Waals surface area contributed by atoms with E-state index in [4.69, 9.17) is 0 Å². The fourth-order valence-corrected chi connectivity index (χ4v) is 13.9. The fraction of sp³-hybridized carbons (Fsp3) is 0.406. The number of rotatable bonds is 4. The second kappa shape index (κ2) is 15.8. The molecule has 3 heterocycles. The van der Waals surface area contributed by atoms with Crippen LogP contribution in [-0.4, -0.2) is 15.5 Å². The van der Waals surface area contributed by atoms with Crippen LogP contribution in [0.15, 0.2) is 109 Å². The molecule has 0 saturated heterocycles. The van der Waals surface area contributed by atoms with E-state index in [1.165, 1.54) is 122 Å². The van der Waals surface area contributed by atoms with Crippen LogP contribution in [0.1, 0.15) is 157 Å². The van der Waals surface area contributed by atoms with Crippen LogP contribution < -0.4 is 30.7 Å². The lowest BCUT2D eigenvalue weighted by atomic mass is 9.36. The first kappa shape index (κ1) is 47.8. The Bertz CT molecular complexity index is 3170. The van der Waals surface area contributed by atoms with Gasteiger partial charge in [-0.3, -0.25) is 0 Å². The Hall–Kier alpha value is -4.84. The van der Waals surface area contributed by atoms with Gasteiger partial charge in [0.25, 0.3) is 6.71 Å². The molecule has 0 fully saturated rings. The summed E-state index contributed by atoms with van der Waals surface area (Å²) in [5.41, 5.74) is 21.6. The third-order valence-electron chi connectivity index (χ3n) is 16.3. The van der Waals surface area contributed by atoms with Crippen LogP contribution in [0, 0.1) is 0 Å². The second-order valence-corrected chi connectivity index (χ2v) is 30.9. The summed E-state index contributed by atoms with van der Waals surface area (Å²) >= 11 is 2.05. The number of anilines is 6. The highest BCUT2D eigenvalue weighted by Crippen LogP contribution is 2.54. The molecule has 356 valence electrons. The van der Waals surface area contributed by atoms with Crippen LogP contribution in [0.4, 0.5) is 34.1 Å². The van der Waals surface area contributed by atoms with Gasteiger partial charge in [-0.1, -0.05) is 184 Å². The van der Waals surface area contributed by atoms with Gasteiger partial charge in [-0.05, 0) is 150 Å². The molecule has 0 N–H and O–H groups in total. The zero-order valence-electron chi connectivity index (χ0n) is 45.3. The lowest BCUT2D eigenvalue weighted by molar-refractivity contribution is 0.332. The predicted molar refractivity (Wildman–Crippen MR) is 310 cm³/mol. The van der Waals surface area contributed by atoms with Crippen molar-refractivity contribution in [3.63, 3.8) is 0 Å². The first-order chi connectivity index (χ1) is 32.0. The lowest BCUT2D eigenvalue weighted by Crippen LogP contribution is -2.60. The van der Waals surface area contributed by atoms with Crippen molar-refractivity contribution in [1.29, 1.82) is 0 Å². The number of hydrogen-bond acceptors (Lipinski definition) is 3. The Morgan fingerprint density at radius 3 is 1.57 bits per heavy atom. The molecular formula is C64H77BN2SSi. The molecule has 0 atom stereocenters. The molecule has 69 heavy (non-hydrogen) atoms. The van der Waals surface area contributed by atoms with Gasteiger partial charge in [-0.2, -0.15) is 0 Å². The Morgan fingerprint density at radius 1 is 0.507 bits per heavy atom. The lowest BCUT2D eigenvalue weighted by Gasteiger charge is -2.45. The van der Waals surface area contributed by atoms with E-state index in [9.17, 15) is 0 Å². The molecule has 2 aliphatic heterocycles. The Morgan fingerprint density at radius 2 is 1.01 bits per heavy atom. The monoisotopic (exact) mass is 945 g/mol. The van der Waals surface area contributed by atoms with Crippen molar-refractivity contribution in [2.24, 2.45) is 0 Å². The van der Waals surface area contributed by atoms with E-state index in [1.807, 2.05) is 0 Å². The minimum Gasteiger partial charge on any atom is -0.311 e. The van der Waals surface area contributed by atoms with Crippen LogP contribution in [0.5, 0.6) is 0 Å². The summed E-state index contributed by atoms with van der Waals surface area (Å²) in [6, 6.07) is 44.5. The largest absolute Gasteiger partial charge is 0.311 e. The van der Waals surface area contributed by atoms with Crippen LogP contribution in [0.3, 0.4) is 0 Å². The Kier molecular flexibility index (Phi) is 11.0. The third-order valence-corrected chi connectivity index (χ3v) is 19.3. The summed E-state index contributed by atoms with van der Waals surface area (Å²) in [5.74, 6) is 0. The summed E-state index contributed by atoms with van der Waals surface area (Å²) in [4.78, 5) is 5.38. The summed E-state index contributed by atoms with van der Waals surface area (Å²) in [6.45, 7) is 43.1. The third kappa shape index (κ3) is 7.97. The highest BCUT2D eigenvalue weighted by Gasteiger charge is 2.48. The molecule has 7 aromatic rings. The average molecular weight is 945 g/mol. The maximum absolute atomic E-state index is 2.70. The van der Waals surface area contributed by atoms with Crippen molar-refractivity contribution in [2.45, 2.75) is 169 Å². The minimum atomic E-state index is -0.979. The van der Waals surface area contributed by atoms with Gasteiger partial charge in [0.2, 0.25) is 0 Å². The first-order valence-corrected chi connectivity index (χ1v) is 29.6. The number of hydrogen-bond donors (Lipinski definition) is 0. The van der Waals surface area contributed by atoms with Crippen molar-refractivity contribution in [1.82, 2.24) is 0 Å². The Balaban J connectivity index is 1.36. The molecule has 0 amide bonds. The number of thiophene rings is 1. The number of nitrogens with zero attached hydrogens (tertiary/aromatic N) is 2. The van der Waals surface area contributed by atoms with E-state index < -0.39 is 8.80 Å². The molecule has 0 radical (unpaired) electrons. The molecule has 1 aromatic heterocycles. The summed E-state index contributed by atoms with van der Waals surface area (Å²) < 4.78 is 2.85. The molecule has 3 aliphatic rings. The Labute approximate surface area is 422 Å². The van der Waals surface area contributed by atoms with Crippen molar-refractivity contribution < 1.29 is 0 Å². The molecule has 6 aromatic carbocycles. The van der Waals surface area contributed by atoms with E-state index in [0.717, 1.165) is 0 Å². The number of fused-ring (bicyclic) bond motifs is 7. The van der Waals surface area contributed by atoms with E-state index in [0.29, 0.717) is 0 Å². The zero-order chi connectivity index (χ0) is 49.7. The second-order valence-electron chi connectivity index (χ2n) is 26.8. The van der Waals surface area contributed by atoms with Gasteiger partial charge in [0, 0.05) is 43.2 Å². The van der Waals surface area contributed by atoms with Gasteiger partial charge < -0.3 is 9.80 Å². The normalized spacial score (nSPS) is 16.4. The van der Waals surface area contributed by atoms with Gasteiger partial charge in [0.15, 0.2) is 0 Å². The topological polar surface area (TPSA) is 6.48 Å². The molecule has 0 saturated carbocycles. The van der Waals surface area contributed by atoms with Gasteiger partial charge >= 0.3 is 0 Å². The molecule has 0 bridgehead atoms. The SMILES string of the molecule is C[SiH](C)c1ccc(-c2cc(C(C)(C)C)ccc2N2c3ccc(C(C)(C)C)cc3B3c4sc5cc6c(cc5c4N(c4ccc(C(C)(C)C)cc4)c4cc(C(C)(C)C)cc2c43)C(C)(C)CCC6(C)C)cc1. The molecule has 2 nitrogen and oxygen atoms in total. The van der Waals surface area contributed by atoms with Crippen LogP contribution in [-0.2, 0) is 32.5 Å². The van der Waals surface area contributed by atoms with Gasteiger partial charge in [0.1, 0.15) is 0 Å². The van der Waals surface area contributed by atoms with E-state index in [2.05, 4.69) is 254 Å². The molecular weight excluding hydrogens is 868 g/mol. The van der Waals surface area contributed by atoms with E-state index in [1.54, 1.807) is 0 Å². The highest BCUT2D eigenvalue weighted by molar-refractivity contribution is 7.33. The summed E-state index contributed by atoms with van der Waals surface area (Å²) in [5, 5.41) is 2.89. The fourth-order valence-electron chi connectivity index (χ4n) is 11.6. The van der Waals surface area contributed by atoms with Gasteiger partial charge in [-0.15, -0.1) is 11.3 Å². The molecule has 10 rings (SSSR count). The predicted octanol–water partition coefficient (Wildman–Crippen LogP) is 15.9. The molecule has 1 aliphatic carbocycles. The molecule has 0 spiro atoms. The minimum absolute atomic E-state index is 0.0137. The average Bonchev–Trinajstić information content (AvgIpc) is 3.64. The van der Waals surface area contributed by atoms with Crippen LogP contribution >= 0.6 is 11.3 Å². The highest BCUT2D eigenvalue weighted by atomic mass is 32.1. The quantitative estimate of drug-likeness (QED) is 0.162. The maximum atomic E-state index is 2.70. The van der Waals surface area contributed by atoms with Crippen molar-refractivity contribution in [2.75, 3.05) is 9.80 Å². The molecule has 5 heteroatoms. The van der Waals surface area contributed by atoms with Gasteiger partial charge in [0.05, 0.1) is 20.2 Å². The van der Waals surface area contributed by atoms with E-state index >= 15 is 0 Å². The standard InChI is InChI=1S/C64H77BN2SSi/c1-59(2,3)40-21-25-44(26-22-40)66-53-35-43(62(10,11)12)36-54-56(53)65(58-57(66)47-37-48-49(38-55(47)68-58)64(15,16)32-31-63(48,13)14)50-34-42(61(7,8)9)24-30-52(50)67(54)51-29-23-41(60(4,5)6)33-46(51)39-19-27-45(28-20-39)69(17)18/h19-30,33-38,69H,31-32H2,1-18H3. The van der Waals surface area contributed by atoms with Crippen LogP contribution in [0.2, 0.25) is 13.1 Å². The zero-order valence-corrected chi connectivity index (χ0v) is 47.2. The van der Waals surface area contributed by atoms with Crippen LogP contribution in [0.25, 0.3) is 21.2 Å². The summed E-state index contributed by atoms with van der Waals surface area (Å²) in [6.07, 6.45) is 2.39. The smallest absolute Gasteiger partial charge is 0.264 e. The first-order valence-electron chi connectivity index (χ1n) is 25.9. The maximum Gasteiger partial charge on any atom is 0.264 e. The van der Waals surface area contributed by atoms with Crippen molar-refractivity contribution in [3.05, 3.63) is 143 Å².